The third kappa shape index (κ3) is 4.45. The van der Waals surface area contributed by atoms with Gasteiger partial charge < -0.3 is 13.9 Å². The number of rotatable bonds is 9. The topological polar surface area (TPSA) is 35.2 Å². The molecule has 3 heterocycles. The third-order valence-electron chi connectivity index (χ3n) is 5.84. The Kier molecular flexibility index (Phi) is 6.25. The summed E-state index contributed by atoms with van der Waals surface area (Å²) in [4.78, 5) is 9.52. The molecule has 0 unspecified atom stereocenters. The summed E-state index contributed by atoms with van der Waals surface area (Å²) in [5, 5.41) is 1.29. The summed E-state index contributed by atoms with van der Waals surface area (Å²) < 4.78 is 9.96. The van der Waals surface area contributed by atoms with Crippen molar-refractivity contribution in [3.05, 3.63) is 70.1 Å². The van der Waals surface area contributed by atoms with Gasteiger partial charge in [-0.2, -0.15) is 0 Å². The van der Waals surface area contributed by atoms with Crippen LogP contribution in [0.2, 0.25) is 0 Å². The van der Waals surface area contributed by atoms with Crippen LogP contribution in [0.25, 0.3) is 10.9 Å². The largest absolute Gasteiger partial charge is 0.497 e. The average molecular weight is 423 g/mol. The van der Waals surface area contributed by atoms with Crippen molar-refractivity contribution < 1.29 is 4.74 Å². The van der Waals surface area contributed by atoms with Crippen LogP contribution in [-0.2, 0) is 26.7 Å². The number of thiophene rings is 1. The number of fused-ring (bicyclic) bond motifs is 1. The molecule has 6 heteroatoms. The van der Waals surface area contributed by atoms with Gasteiger partial charge in [-0.05, 0) is 56.2 Å². The zero-order chi connectivity index (χ0) is 21.1. The molecule has 5 nitrogen and oxygen atoms in total. The maximum atomic E-state index is 5.51. The number of nitrogens with zero attached hydrogens (tertiary/aromatic N) is 4. The first-order valence-corrected chi connectivity index (χ1v) is 11.2. The smallest absolute Gasteiger partial charge is 0.119 e. The molecule has 0 fully saturated rings. The van der Waals surface area contributed by atoms with Crippen molar-refractivity contribution >= 4 is 22.2 Å². The van der Waals surface area contributed by atoms with E-state index in [2.05, 4.69) is 64.2 Å². The molecular formula is C24H30N4OS. The highest BCUT2D eigenvalue weighted by Crippen LogP contribution is 2.30. The summed E-state index contributed by atoms with van der Waals surface area (Å²) in [5.74, 6) is 0.912. The molecule has 3 aromatic heterocycles. The van der Waals surface area contributed by atoms with Crippen molar-refractivity contribution in [1.82, 2.24) is 19.0 Å². The fourth-order valence-electron chi connectivity index (χ4n) is 4.08. The van der Waals surface area contributed by atoms with Crippen molar-refractivity contribution in [2.45, 2.75) is 39.9 Å². The molecule has 0 radical (unpaired) electrons. The number of ether oxygens (including phenoxy) is 1. The van der Waals surface area contributed by atoms with Crippen LogP contribution in [0.15, 0.2) is 49.1 Å². The lowest BCUT2D eigenvalue weighted by Gasteiger charge is -2.22. The Hall–Kier alpha value is -2.57. The summed E-state index contributed by atoms with van der Waals surface area (Å²) in [6.45, 7) is 8.33. The van der Waals surface area contributed by atoms with Crippen LogP contribution in [0, 0.1) is 13.8 Å². The average Bonchev–Trinajstić information content (AvgIpc) is 3.46. The molecule has 0 spiro atoms. The van der Waals surface area contributed by atoms with Crippen LogP contribution in [-0.4, -0.2) is 32.7 Å². The molecule has 158 valence electrons. The van der Waals surface area contributed by atoms with Gasteiger partial charge in [0.2, 0.25) is 0 Å². The molecule has 0 aliphatic carbocycles. The van der Waals surface area contributed by atoms with Crippen molar-refractivity contribution in [2.24, 2.45) is 7.05 Å². The highest BCUT2D eigenvalue weighted by Gasteiger charge is 2.17. The van der Waals surface area contributed by atoms with E-state index in [4.69, 9.17) is 4.74 Å². The van der Waals surface area contributed by atoms with Crippen LogP contribution >= 0.6 is 11.3 Å². The van der Waals surface area contributed by atoms with Gasteiger partial charge in [0.15, 0.2) is 0 Å². The van der Waals surface area contributed by atoms with E-state index in [-0.39, 0.29) is 0 Å². The quantitative estimate of drug-likeness (QED) is 0.374. The monoisotopic (exact) mass is 422 g/mol. The number of aromatic nitrogens is 3. The Bertz CT molecular complexity index is 1110. The highest BCUT2D eigenvalue weighted by molar-refractivity contribution is 7.11. The van der Waals surface area contributed by atoms with Gasteiger partial charge in [0.05, 0.1) is 13.4 Å². The maximum Gasteiger partial charge on any atom is 0.119 e. The molecule has 0 aliphatic heterocycles. The lowest BCUT2D eigenvalue weighted by atomic mass is 10.1. The molecular weight excluding hydrogens is 392 g/mol. The first kappa shape index (κ1) is 20.7. The number of methoxy groups -OCH3 is 1. The standard InChI is InChI=1S/C24H30N4OS/c1-18-6-8-21(30-18)15-28(12-5-11-27-13-10-25-17-27)16-23-19(2)26(3)24-9-7-20(29-4)14-22(23)24/h6-10,13-14,17H,5,11-12,15-16H2,1-4H3. The Morgan fingerprint density at radius 3 is 2.70 bits per heavy atom. The molecule has 4 aromatic rings. The summed E-state index contributed by atoms with van der Waals surface area (Å²) in [5.41, 5.74) is 3.97. The molecule has 0 saturated heterocycles. The zero-order valence-corrected chi connectivity index (χ0v) is 19.1. The van der Waals surface area contributed by atoms with E-state index in [0.29, 0.717) is 0 Å². The molecule has 0 amide bonds. The summed E-state index contributed by atoms with van der Waals surface area (Å²) in [6, 6.07) is 10.9. The number of aryl methyl sites for hydroxylation is 3. The number of benzene rings is 1. The highest BCUT2D eigenvalue weighted by atomic mass is 32.1. The van der Waals surface area contributed by atoms with Gasteiger partial charge in [0.25, 0.3) is 0 Å². The van der Waals surface area contributed by atoms with Gasteiger partial charge in [-0.1, -0.05) is 0 Å². The van der Waals surface area contributed by atoms with Crippen LogP contribution in [0.5, 0.6) is 5.75 Å². The Balaban J connectivity index is 1.59. The van der Waals surface area contributed by atoms with E-state index >= 15 is 0 Å². The normalized spacial score (nSPS) is 11.6. The second-order valence-corrected chi connectivity index (χ2v) is 9.26. The number of imidazole rings is 1. The van der Waals surface area contributed by atoms with Crippen molar-refractivity contribution in [2.75, 3.05) is 13.7 Å². The Morgan fingerprint density at radius 2 is 2.00 bits per heavy atom. The zero-order valence-electron chi connectivity index (χ0n) is 18.3. The van der Waals surface area contributed by atoms with Gasteiger partial charge in [-0.25, -0.2) is 4.98 Å². The second kappa shape index (κ2) is 9.06. The summed E-state index contributed by atoms with van der Waals surface area (Å²) >= 11 is 1.89. The van der Waals surface area contributed by atoms with Crippen LogP contribution in [0.1, 0.15) is 27.4 Å². The van der Waals surface area contributed by atoms with Gasteiger partial charge in [0, 0.05) is 72.0 Å². The van der Waals surface area contributed by atoms with Crippen LogP contribution < -0.4 is 4.74 Å². The maximum absolute atomic E-state index is 5.51. The predicted octanol–water partition coefficient (Wildman–Crippen LogP) is 5.15. The molecule has 0 N–H and O–H groups in total. The minimum atomic E-state index is 0.912. The van der Waals surface area contributed by atoms with Crippen LogP contribution in [0.4, 0.5) is 0 Å². The molecule has 4 rings (SSSR count). The Morgan fingerprint density at radius 1 is 1.13 bits per heavy atom. The fourth-order valence-corrected chi connectivity index (χ4v) is 5.01. The van der Waals surface area contributed by atoms with Crippen LogP contribution in [0.3, 0.4) is 0 Å². The van der Waals surface area contributed by atoms with Gasteiger partial charge in [-0.15, -0.1) is 11.3 Å². The van der Waals surface area contributed by atoms with E-state index in [9.17, 15) is 0 Å². The molecule has 0 saturated carbocycles. The van der Waals surface area contributed by atoms with Gasteiger partial charge in [0.1, 0.15) is 5.75 Å². The molecule has 0 aliphatic rings. The van der Waals surface area contributed by atoms with E-state index in [1.165, 1.54) is 31.9 Å². The summed E-state index contributed by atoms with van der Waals surface area (Å²) in [6.07, 6.45) is 6.87. The number of hydrogen-bond donors (Lipinski definition) is 0. The molecule has 1 aromatic carbocycles. The lowest BCUT2D eigenvalue weighted by Crippen LogP contribution is -2.25. The van der Waals surface area contributed by atoms with Crippen molar-refractivity contribution in [1.29, 1.82) is 0 Å². The fraction of sp³-hybridized carbons (Fsp3) is 0.375. The predicted molar refractivity (Wildman–Crippen MR) is 124 cm³/mol. The minimum absolute atomic E-state index is 0.912. The summed E-state index contributed by atoms with van der Waals surface area (Å²) in [7, 11) is 3.89. The molecule has 0 atom stereocenters. The second-order valence-electron chi connectivity index (χ2n) is 7.88. The van der Waals surface area contributed by atoms with Crippen molar-refractivity contribution in [3.8, 4) is 5.75 Å². The first-order valence-electron chi connectivity index (χ1n) is 10.4. The Labute approximate surface area is 182 Å². The van der Waals surface area contributed by atoms with E-state index in [0.717, 1.165) is 38.3 Å². The van der Waals surface area contributed by atoms with E-state index in [1.54, 1.807) is 7.11 Å². The van der Waals surface area contributed by atoms with E-state index < -0.39 is 0 Å². The van der Waals surface area contributed by atoms with E-state index in [1.807, 2.05) is 36.1 Å². The molecule has 0 bridgehead atoms. The van der Waals surface area contributed by atoms with Gasteiger partial charge >= 0.3 is 0 Å². The minimum Gasteiger partial charge on any atom is -0.497 e. The SMILES string of the molecule is COc1ccc2c(c1)c(CN(CCCn1ccnc1)Cc1ccc(C)s1)c(C)n2C. The van der Waals surface area contributed by atoms with Gasteiger partial charge in [-0.3, -0.25) is 4.90 Å². The number of hydrogen-bond acceptors (Lipinski definition) is 4. The third-order valence-corrected chi connectivity index (χ3v) is 6.82. The van der Waals surface area contributed by atoms with Crippen molar-refractivity contribution in [3.63, 3.8) is 0 Å². The molecule has 30 heavy (non-hydrogen) atoms. The first-order chi connectivity index (χ1) is 14.5. The lowest BCUT2D eigenvalue weighted by molar-refractivity contribution is 0.251.